The predicted molar refractivity (Wildman–Crippen MR) is 125 cm³/mol. The average molecular weight is 434 g/mol. The highest BCUT2D eigenvalue weighted by molar-refractivity contribution is 7.21. The number of piperidine rings is 3. The van der Waals surface area contributed by atoms with E-state index in [0.717, 1.165) is 38.2 Å². The lowest BCUT2D eigenvalue weighted by Gasteiger charge is -2.44. The molecule has 0 aliphatic carbocycles. The molecule has 0 spiro atoms. The Balaban J connectivity index is 1.43. The molecule has 6 rings (SSSR count). The van der Waals surface area contributed by atoms with Gasteiger partial charge in [0.2, 0.25) is 5.91 Å². The van der Waals surface area contributed by atoms with Gasteiger partial charge >= 0.3 is 0 Å². The zero-order chi connectivity index (χ0) is 21.4. The van der Waals surface area contributed by atoms with Gasteiger partial charge in [-0.05, 0) is 60.0 Å². The number of benzene rings is 2. The Labute approximate surface area is 186 Å². The van der Waals surface area contributed by atoms with Crippen LogP contribution in [0.1, 0.15) is 35.0 Å². The van der Waals surface area contributed by atoms with Gasteiger partial charge in [0.25, 0.3) is 5.91 Å². The van der Waals surface area contributed by atoms with Crippen LogP contribution >= 0.6 is 11.3 Å². The number of carbonyl (C=O) groups excluding carboxylic acids is 2. The molecule has 2 aromatic carbocycles. The molecular formula is C25H27N3O2S. The van der Waals surface area contributed by atoms with Gasteiger partial charge in [-0.3, -0.25) is 9.59 Å². The van der Waals surface area contributed by atoms with Gasteiger partial charge in [-0.25, -0.2) is 0 Å². The van der Waals surface area contributed by atoms with Crippen molar-refractivity contribution in [1.29, 1.82) is 0 Å². The van der Waals surface area contributed by atoms with Crippen LogP contribution in [0.4, 0.5) is 0 Å². The van der Waals surface area contributed by atoms with Crippen LogP contribution < -0.4 is 10.6 Å². The lowest BCUT2D eigenvalue weighted by molar-refractivity contribution is -0.119. The molecule has 0 saturated carbocycles. The van der Waals surface area contributed by atoms with Gasteiger partial charge in [0, 0.05) is 30.8 Å². The lowest BCUT2D eigenvalue weighted by atomic mass is 9.84. The van der Waals surface area contributed by atoms with E-state index < -0.39 is 0 Å². The number of carbonyl (C=O) groups is 2. The van der Waals surface area contributed by atoms with Crippen LogP contribution in [0.3, 0.4) is 0 Å². The summed E-state index contributed by atoms with van der Waals surface area (Å²) in [4.78, 5) is 27.7. The van der Waals surface area contributed by atoms with Gasteiger partial charge in [-0.1, -0.05) is 42.5 Å². The number of thiophene rings is 1. The maximum atomic E-state index is 13.1. The fourth-order valence-electron chi connectivity index (χ4n) is 4.91. The summed E-state index contributed by atoms with van der Waals surface area (Å²) >= 11 is 1.56. The minimum Gasteiger partial charge on any atom is -0.352 e. The zero-order valence-corrected chi connectivity index (χ0v) is 18.5. The van der Waals surface area contributed by atoms with E-state index in [1.54, 1.807) is 11.3 Å². The maximum absolute atomic E-state index is 13.1. The number of hydrogen-bond donors (Lipinski definition) is 2. The summed E-state index contributed by atoms with van der Waals surface area (Å²) in [5, 5.41) is 7.29. The second kappa shape index (κ2) is 8.44. The van der Waals surface area contributed by atoms with Gasteiger partial charge in [0.05, 0.1) is 4.88 Å². The van der Waals surface area contributed by atoms with Crippen LogP contribution in [0.25, 0.3) is 21.2 Å². The third-order valence-corrected chi connectivity index (χ3v) is 7.76. The van der Waals surface area contributed by atoms with E-state index in [-0.39, 0.29) is 17.9 Å². The quantitative estimate of drug-likeness (QED) is 0.639. The van der Waals surface area contributed by atoms with Crippen LogP contribution in [0, 0.1) is 5.92 Å². The van der Waals surface area contributed by atoms with Gasteiger partial charge in [-0.15, -0.1) is 11.3 Å². The van der Waals surface area contributed by atoms with E-state index in [4.69, 9.17) is 0 Å². The third-order valence-electron chi connectivity index (χ3n) is 6.58. The van der Waals surface area contributed by atoms with Crippen molar-refractivity contribution in [3.8, 4) is 11.1 Å². The first-order valence-electron chi connectivity index (χ1n) is 11.0. The van der Waals surface area contributed by atoms with Gasteiger partial charge in [0.1, 0.15) is 0 Å². The highest BCUT2D eigenvalue weighted by Gasteiger charge is 2.35. The van der Waals surface area contributed by atoms with Crippen molar-refractivity contribution in [2.45, 2.75) is 32.4 Å². The Bertz CT molecular complexity index is 1130. The first kappa shape index (κ1) is 20.2. The highest BCUT2D eigenvalue weighted by atomic mass is 32.1. The molecule has 2 amide bonds. The van der Waals surface area contributed by atoms with E-state index in [1.165, 1.54) is 32.9 Å². The summed E-state index contributed by atoms with van der Waals surface area (Å²) < 4.78 is 1.11. The van der Waals surface area contributed by atoms with E-state index in [2.05, 4.69) is 33.7 Å². The molecule has 3 aromatic rings. The number of nitrogens with one attached hydrogen (secondary N) is 2. The van der Waals surface area contributed by atoms with Crippen molar-refractivity contribution in [3.63, 3.8) is 0 Å². The number of hydrogen-bond acceptors (Lipinski definition) is 4. The van der Waals surface area contributed by atoms with Crippen molar-refractivity contribution in [1.82, 2.24) is 15.5 Å². The van der Waals surface area contributed by atoms with Crippen molar-refractivity contribution >= 4 is 33.2 Å². The van der Waals surface area contributed by atoms with Gasteiger partial charge in [0.15, 0.2) is 0 Å². The van der Waals surface area contributed by atoms with E-state index in [1.807, 2.05) is 30.3 Å². The number of fused-ring (bicyclic) bond motifs is 4. The minimum absolute atomic E-state index is 0.0393. The molecule has 31 heavy (non-hydrogen) atoms. The molecule has 2 N–H and O–H groups in total. The summed E-state index contributed by atoms with van der Waals surface area (Å²) in [6.07, 6.45) is 2.37. The molecule has 3 saturated heterocycles. The standard InChI is InChI=1S/C25H27N3O2S/c1-16(29)26-14-19-5-2-3-7-20(19)21-8-4-6-18-13-23(31-24(18)21)25(30)27-22-15-28-11-9-17(22)10-12-28/h2-8,13,17,22H,9-12,14-15H2,1H3,(H,26,29)(H,27,30)/t22-/m0/s1. The first-order valence-corrected chi connectivity index (χ1v) is 11.8. The molecule has 1 aromatic heterocycles. The van der Waals surface area contributed by atoms with Crippen LogP contribution in [0.15, 0.2) is 48.5 Å². The normalized spacial score (nSPS) is 22.4. The van der Waals surface area contributed by atoms with E-state index >= 15 is 0 Å². The minimum atomic E-state index is -0.0455. The van der Waals surface area contributed by atoms with Gasteiger partial charge < -0.3 is 15.5 Å². The van der Waals surface area contributed by atoms with Crippen LogP contribution in [-0.2, 0) is 11.3 Å². The summed E-state index contributed by atoms with van der Waals surface area (Å²) in [6.45, 7) is 5.33. The molecule has 4 heterocycles. The SMILES string of the molecule is CC(=O)NCc1ccccc1-c1cccc2cc(C(=O)N[C@H]3CN4CCC3CC4)sc12. The predicted octanol–water partition coefficient (Wildman–Crippen LogP) is 4.03. The molecule has 5 nitrogen and oxygen atoms in total. The smallest absolute Gasteiger partial charge is 0.261 e. The Morgan fingerprint density at radius 2 is 1.84 bits per heavy atom. The average Bonchev–Trinajstić information content (AvgIpc) is 3.23. The monoisotopic (exact) mass is 433 g/mol. The number of rotatable bonds is 5. The Kier molecular flexibility index (Phi) is 5.50. The Morgan fingerprint density at radius 1 is 1.06 bits per heavy atom. The Hall–Kier alpha value is -2.70. The summed E-state index contributed by atoms with van der Waals surface area (Å²) in [6, 6.07) is 16.6. The fourth-order valence-corrected chi connectivity index (χ4v) is 6.00. The summed E-state index contributed by atoms with van der Waals surface area (Å²) in [5.74, 6) is 0.604. The fraction of sp³-hybridized carbons (Fsp3) is 0.360. The van der Waals surface area contributed by atoms with Crippen LogP contribution in [0.5, 0.6) is 0 Å². The lowest BCUT2D eigenvalue weighted by Crippen LogP contribution is -2.57. The number of nitrogens with zero attached hydrogens (tertiary/aromatic N) is 1. The molecule has 3 aliphatic heterocycles. The second-order valence-corrected chi connectivity index (χ2v) is 9.67. The topological polar surface area (TPSA) is 61.4 Å². The zero-order valence-electron chi connectivity index (χ0n) is 17.7. The molecule has 0 radical (unpaired) electrons. The number of amides is 2. The molecule has 3 aliphatic rings. The second-order valence-electron chi connectivity index (χ2n) is 8.62. The largest absolute Gasteiger partial charge is 0.352 e. The summed E-state index contributed by atoms with van der Waals surface area (Å²) in [5.41, 5.74) is 3.26. The molecule has 1 atom stereocenters. The van der Waals surface area contributed by atoms with E-state index in [9.17, 15) is 9.59 Å². The molecular weight excluding hydrogens is 406 g/mol. The van der Waals surface area contributed by atoms with Crippen molar-refractivity contribution < 1.29 is 9.59 Å². The van der Waals surface area contributed by atoms with E-state index in [0.29, 0.717) is 12.5 Å². The molecule has 0 unspecified atom stereocenters. The molecule has 6 heteroatoms. The maximum Gasteiger partial charge on any atom is 0.261 e. The van der Waals surface area contributed by atoms with Crippen LogP contribution in [0.2, 0.25) is 0 Å². The molecule has 3 fully saturated rings. The van der Waals surface area contributed by atoms with Crippen molar-refractivity contribution in [2.24, 2.45) is 5.92 Å². The molecule has 160 valence electrons. The molecule has 2 bridgehead atoms. The summed E-state index contributed by atoms with van der Waals surface area (Å²) in [7, 11) is 0. The first-order chi connectivity index (χ1) is 15.1. The van der Waals surface area contributed by atoms with Gasteiger partial charge in [-0.2, -0.15) is 0 Å². The van der Waals surface area contributed by atoms with Crippen LogP contribution in [-0.4, -0.2) is 42.4 Å². The Morgan fingerprint density at radius 3 is 2.58 bits per heavy atom. The highest BCUT2D eigenvalue weighted by Crippen LogP contribution is 2.37. The van der Waals surface area contributed by atoms with Crippen molar-refractivity contribution in [2.75, 3.05) is 19.6 Å². The third kappa shape index (κ3) is 4.10. The van der Waals surface area contributed by atoms with Crippen molar-refractivity contribution in [3.05, 3.63) is 59.0 Å².